The van der Waals surface area contributed by atoms with Gasteiger partial charge in [-0.2, -0.15) is 0 Å². The molecule has 0 saturated carbocycles. The topological polar surface area (TPSA) is 61.8 Å². The van der Waals surface area contributed by atoms with Crippen LogP contribution in [0.25, 0.3) is 0 Å². The summed E-state index contributed by atoms with van der Waals surface area (Å²) in [5.74, 6) is 2.01. The van der Waals surface area contributed by atoms with Crippen molar-refractivity contribution in [3.8, 4) is 5.88 Å². The van der Waals surface area contributed by atoms with E-state index in [9.17, 15) is 0 Å². The van der Waals surface area contributed by atoms with Gasteiger partial charge in [-0.1, -0.05) is 18.5 Å². The van der Waals surface area contributed by atoms with Crippen molar-refractivity contribution in [1.82, 2.24) is 20.5 Å². The predicted molar refractivity (Wildman–Crippen MR) is 104 cm³/mol. The summed E-state index contributed by atoms with van der Waals surface area (Å²) in [6.07, 6.45) is 1.58. The standard InChI is InChI=1S/C18H30ClN5O/c1-5-20-18(23-16-12-24(13(2)3)11-14(16)4)21-8-9-25-17-7-6-15(19)10-22-17/h6-7,10,13-14,16H,5,8-9,11-12H2,1-4H3,(H2,20,21,23). The van der Waals surface area contributed by atoms with Crippen LogP contribution in [0.3, 0.4) is 0 Å². The molecule has 0 bridgehead atoms. The van der Waals surface area contributed by atoms with E-state index in [4.69, 9.17) is 16.3 Å². The number of hydrogen-bond donors (Lipinski definition) is 2. The number of guanidine groups is 1. The van der Waals surface area contributed by atoms with Crippen molar-refractivity contribution in [3.63, 3.8) is 0 Å². The second kappa shape index (κ2) is 9.82. The molecule has 1 aliphatic rings. The van der Waals surface area contributed by atoms with Crippen LogP contribution in [-0.4, -0.2) is 60.7 Å². The van der Waals surface area contributed by atoms with Crippen molar-refractivity contribution < 1.29 is 4.74 Å². The summed E-state index contributed by atoms with van der Waals surface area (Å²) in [5, 5.41) is 7.48. The van der Waals surface area contributed by atoms with Crippen LogP contribution in [0, 0.1) is 5.92 Å². The highest BCUT2D eigenvalue weighted by molar-refractivity contribution is 6.30. The molecule has 0 spiro atoms. The Labute approximate surface area is 156 Å². The van der Waals surface area contributed by atoms with Crippen LogP contribution in [0.15, 0.2) is 23.3 Å². The molecule has 2 unspecified atom stereocenters. The lowest BCUT2D eigenvalue weighted by Crippen LogP contribution is -2.47. The van der Waals surface area contributed by atoms with E-state index in [0.717, 1.165) is 25.6 Å². The lowest BCUT2D eigenvalue weighted by molar-refractivity contribution is 0.265. The molecule has 140 valence electrons. The van der Waals surface area contributed by atoms with Gasteiger partial charge < -0.3 is 15.4 Å². The van der Waals surface area contributed by atoms with Crippen LogP contribution in [0.4, 0.5) is 0 Å². The molecule has 1 fully saturated rings. The average Bonchev–Trinajstić information content (AvgIpc) is 2.94. The molecule has 1 aromatic rings. The summed E-state index contributed by atoms with van der Waals surface area (Å²) in [6, 6.07) is 4.52. The van der Waals surface area contributed by atoms with Crippen LogP contribution >= 0.6 is 11.6 Å². The molecule has 0 radical (unpaired) electrons. The smallest absolute Gasteiger partial charge is 0.213 e. The lowest BCUT2D eigenvalue weighted by Gasteiger charge is -2.21. The van der Waals surface area contributed by atoms with Gasteiger partial charge in [0.05, 0.1) is 11.6 Å². The van der Waals surface area contributed by atoms with Gasteiger partial charge in [-0.25, -0.2) is 9.98 Å². The Bertz CT molecular complexity index is 549. The molecule has 2 heterocycles. The van der Waals surface area contributed by atoms with E-state index in [1.54, 1.807) is 18.3 Å². The number of hydrogen-bond acceptors (Lipinski definition) is 4. The predicted octanol–water partition coefficient (Wildman–Crippen LogP) is 2.40. The summed E-state index contributed by atoms with van der Waals surface area (Å²) in [6.45, 7) is 12.9. The number of rotatable bonds is 7. The highest BCUT2D eigenvalue weighted by atomic mass is 35.5. The van der Waals surface area contributed by atoms with Crippen LogP contribution in [0.5, 0.6) is 5.88 Å². The summed E-state index contributed by atoms with van der Waals surface area (Å²) >= 11 is 5.81. The third-order valence-corrected chi connectivity index (χ3v) is 4.57. The van der Waals surface area contributed by atoms with Crippen LogP contribution in [0.2, 0.25) is 5.02 Å². The van der Waals surface area contributed by atoms with Gasteiger partial charge in [-0.05, 0) is 32.8 Å². The molecule has 0 aliphatic carbocycles. The van der Waals surface area contributed by atoms with Crippen LogP contribution in [0.1, 0.15) is 27.7 Å². The zero-order valence-corrected chi connectivity index (χ0v) is 16.4. The number of nitrogens with one attached hydrogen (secondary N) is 2. The molecule has 2 N–H and O–H groups in total. The van der Waals surface area contributed by atoms with Gasteiger partial charge in [0.25, 0.3) is 0 Å². The summed E-state index contributed by atoms with van der Waals surface area (Å²) in [5.41, 5.74) is 0. The molecular formula is C18H30ClN5O. The monoisotopic (exact) mass is 367 g/mol. The molecule has 2 rings (SSSR count). The maximum absolute atomic E-state index is 5.81. The first kappa shape index (κ1) is 19.8. The molecule has 1 aliphatic heterocycles. The van der Waals surface area contributed by atoms with E-state index < -0.39 is 0 Å². The van der Waals surface area contributed by atoms with E-state index in [-0.39, 0.29) is 0 Å². The first-order valence-electron chi connectivity index (χ1n) is 9.02. The Morgan fingerprint density at radius 1 is 1.44 bits per heavy atom. The van der Waals surface area contributed by atoms with Gasteiger partial charge in [0.2, 0.25) is 5.88 Å². The maximum atomic E-state index is 5.81. The van der Waals surface area contributed by atoms with Gasteiger partial charge in [0, 0.05) is 44.0 Å². The quantitative estimate of drug-likeness (QED) is 0.440. The minimum Gasteiger partial charge on any atom is -0.476 e. The van der Waals surface area contributed by atoms with E-state index in [0.29, 0.717) is 42.1 Å². The van der Waals surface area contributed by atoms with Crippen molar-refractivity contribution in [2.24, 2.45) is 10.9 Å². The largest absolute Gasteiger partial charge is 0.476 e. The Morgan fingerprint density at radius 2 is 2.24 bits per heavy atom. The second-order valence-electron chi connectivity index (χ2n) is 6.70. The number of aromatic nitrogens is 1. The van der Waals surface area contributed by atoms with E-state index in [1.165, 1.54) is 0 Å². The van der Waals surface area contributed by atoms with Gasteiger partial charge in [-0.15, -0.1) is 0 Å². The number of pyridine rings is 1. The number of aliphatic imine (C=N–C) groups is 1. The Balaban J connectivity index is 1.82. The van der Waals surface area contributed by atoms with Crippen molar-refractivity contribution in [2.45, 2.75) is 39.8 Å². The Morgan fingerprint density at radius 3 is 2.84 bits per heavy atom. The second-order valence-corrected chi connectivity index (χ2v) is 7.14. The van der Waals surface area contributed by atoms with Crippen molar-refractivity contribution in [2.75, 3.05) is 32.8 Å². The van der Waals surface area contributed by atoms with E-state index in [2.05, 4.69) is 53.2 Å². The first-order chi connectivity index (χ1) is 12.0. The molecule has 2 atom stereocenters. The minimum absolute atomic E-state index is 0.416. The third-order valence-electron chi connectivity index (χ3n) is 4.35. The average molecular weight is 368 g/mol. The molecule has 6 nitrogen and oxygen atoms in total. The maximum Gasteiger partial charge on any atom is 0.213 e. The molecule has 0 amide bonds. The molecule has 25 heavy (non-hydrogen) atoms. The van der Waals surface area contributed by atoms with Gasteiger partial charge in [0.15, 0.2) is 5.96 Å². The number of likely N-dealkylation sites (tertiary alicyclic amines) is 1. The third kappa shape index (κ3) is 6.36. The molecule has 1 aromatic heterocycles. The van der Waals surface area contributed by atoms with E-state index in [1.807, 2.05) is 0 Å². The van der Waals surface area contributed by atoms with Crippen LogP contribution < -0.4 is 15.4 Å². The zero-order chi connectivity index (χ0) is 18.2. The zero-order valence-electron chi connectivity index (χ0n) is 15.6. The van der Waals surface area contributed by atoms with Crippen molar-refractivity contribution in [1.29, 1.82) is 0 Å². The summed E-state index contributed by atoms with van der Waals surface area (Å²) in [4.78, 5) is 11.2. The summed E-state index contributed by atoms with van der Waals surface area (Å²) in [7, 11) is 0. The number of ether oxygens (including phenoxy) is 1. The molecule has 0 aromatic carbocycles. The fourth-order valence-electron chi connectivity index (χ4n) is 2.86. The highest BCUT2D eigenvalue weighted by Crippen LogP contribution is 2.18. The lowest BCUT2D eigenvalue weighted by atomic mass is 10.1. The normalized spacial score (nSPS) is 21.6. The highest BCUT2D eigenvalue weighted by Gasteiger charge is 2.31. The van der Waals surface area contributed by atoms with Gasteiger partial charge >= 0.3 is 0 Å². The SMILES string of the molecule is CCNC(=NCCOc1ccc(Cl)cn1)NC1CN(C(C)C)CC1C. The molecule has 7 heteroatoms. The molecule has 1 saturated heterocycles. The Hall–Kier alpha value is -1.53. The fraction of sp³-hybridized carbons (Fsp3) is 0.667. The molecular weight excluding hydrogens is 338 g/mol. The summed E-state index contributed by atoms with van der Waals surface area (Å²) < 4.78 is 5.59. The minimum atomic E-state index is 0.416. The number of nitrogens with zero attached hydrogens (tertiary/aromatic N) is 3. The Kier molecular flexibility index (Phi) is 7.78. The first-order valence-corrected chi connectivity index (χ1v) is 9.40. The number of halogens is 1. The van der Waals surface area contributed by atoms with Crippen molar-refractivity contribution >= 4 is 17.6 Å². The van der Waals surface area contributed by atoms with Gasteiger partial charge in [0.1, 0.15) is 6.61 Å². The van der Waals surface area contributed by atoms with E-state index >= 15 is 0 Å². The van der Waals surface area contributed by atoms with Gasteiger partial charge in [-0.3, -0.25) is 4.90 Å². The van der Waals surface area contributed by atoms with Crippen LogP contribution in [-0.2, 0) is 0 Å². The fourth-order valence-corrected chi connectivity index (χ4v) is 2.98. The van der Waals surface area contributed by atoms with Crippen molar-refractivity contribution in [3.05, 3.63) is 23.4 Å².